The number of hydrogen-bond acceptors (Lipinski definition) is 4. The minimum absolute atomic E-state index is 0.0390. The van der Waals surface area contributed by atoms with Gasteiger partial charge in [-0.2, -0.15) is 5.26 Å². The molecule has 3 nitrogen and oxygen atoms in total. The molecule has 6 heteroatoms. The first-order valence-electron chi connectivity index (χ1n) is 7.40. The van der Waals surface area contributed by atoms with E-state index in [0.29, 0.717) is 22.8 Å². The maximum atomic E-state index is 12.1. The number of carbonyl (C=O) groups is 1. The number of benzene rings is 1. The highest BCUT2D eigenvalue weighted by molar-refractivity contribution is 7.99. The Balaban J connectivity index is 1.54. The number of halogens is 1. The zero-order valence-electron chi connectivity index (χ0n) is 12.4. The van der Waals surface area contributed by atoms with Crippen LogP contribution < -0.4 is 5.32 Å². The summed E-state index contributed by atoms with van der Waals surface area (Å²) in [6.45, 7) is 0. The molecule has 1 N–H and O–H groups in total. The van der Waals surface area contributed by atoms with Crippen molar-refractivity contribution in [1.29, 1.82) is 5.26 Å². The van der Waals surface area contributed by atoms with Gasteiger partial charge in [-0.1, -0.05) is 11.6 Å². The average molecular weight is 363 g/mol. The van der Waals surface area contributed by atoms with Gasteiger partial charge in [-0.25, -0.2) is 0 Å². The summed E-state index contributed by atoms with van der Waals surface area (Å²) >= 11 is 9.03. The molecule has 0 aliphatic heterocycles. The molecule has 118 valence electrons. The molecular weight excluding hydrogens is 348 g/mol. The molecule has 0 fully saturated rings. The first-order valence-corrected chi connectivity index (χ1v) is 9.58. The first-order chi connectivity index (χ1) is 11.2. The summed E-state index contributed by atoms with van der Waals surface area (Å²) in [5, 5.41) is 13.7. The van der Waals surface area contributed by atoms with Crippen LogP contribution in [0.5, 0.6) is 0 Å². The van der Waals surface area contributed by atoms with Crippen molar-refractivity contribution < 1.29 is 4.79 Å². The quantitative estimate of drug-likeness (QED) is 0.771. The zero-order chi connectivity index (χ0) is 16.2. The topological polar surface area (TPSA) is 52.9 Å². The third-order valence-electron chi connectivity index (χ3n) is 3.70. The minimum Gasteiger partial charge on any atom is -0.317 e. The Kier molecular flexibility index (Phi) is 5.27. The molecule has 1 amide bonds. The van der Waals surface area contributed by atoms with E-state index in [1.165, 1.54) is 4.88 Å². The van der Waals surface area contributed by atoms with E-state index in [1.807, 2.05) is 24.3 Å². The van der Waals surface area contributed by atoms with Crippen LogP contribution in [0.15, 0.2) is 29.2 Å². The van der Waals surface area contributed by atoms with Crippen LogP contribution in [0.1, 0.15) is 28.8 Å². The summed E-state index contributed by atoms with van der Waals surface area (Å²) in [5.74, 6) is 0.656. The summed E-state index contributed by atoms with van der Waals surface area (Å²) in [6.07, 6.45) is 3.51. The fourth-order valence-corrected chi connectivity index (χ4v) is 4.83. The normalized spacial score (nSPS) is 12.7. The molecule has 3 rings (SSSR count). The lowest BCUT2D eigenvalue weighted by Crippen LogP contribution is -2.12. The van der Waals surface area contributed by atoms with Crippen molar-refractivity contribution in [3.63, 3.8) is 0 Å². The Morgan fingerprint density at radius 3 is 2.87 bits per heavy atom. The van der Waals surface area contributed by atoms with Gasteiger partial charge in [0.05, 0.1) is 5.56 Å². The van der Waals surface area contributed by atoms with Gasteiger partial charge in [0.15, 0.2) is 0 Å². The molecule has 0 bridgehead atoms. The van der Waals surface area contributed by atoms with Crippen LogP contribution in [-0.2, 0) is 17.6 Å². The van der Waals surface area contributed by atoms with Crippen molar-refractivity contribution in [2.75, 3.05) is 11.1 Å². The van der Waals surface area contributed by atoms with Crippen molar-refractivity contribution >= 4 is 45.6 Å². The number of nitriles is 1. The lowest BCUT2D eigenvalue weighted by atomic mass is 10.1. The molecule has 2 aromatic rings. The maximum Gasteiger partial charge on any atom is 0.225 e. The van der Waals surface area contributed by atoms with Crippen LogP contribution >= 0.6 is 34.7 Å². The first kappa shape index (κ1) is 16.4. The second-order valence-electron chi connectivity index (χ2n) is 5.27. The molecule has 0 unspecified atom stereocenters. The van der Waals surface area contributed by atoms with Crippen molar-refractivity contribution in [1.82, 2.24) is 0 Å². The largest absolute Gasteiger partial charge is 0.317 e. The Hall–Kier alpha value is -1.48. The SMILES string of the molecule is N#Cc1c(NC(=O)CCSc2ccc(Cl)cc2)sc2c1CCC2. The van der Waals surface area contributed by atoms with Crippen LogP contribution in [0.4, 0.5) is 5.00 Å². The molecule has 0 spiro atoms. The van der Waals surface area contributed by atoms with Gasteiger partial charge in [0.25, 0.3) is 0 Å². The Bertz CT molecular complexity index is 762. The predicted molar refractivity (Wildman–Crippen MR) is 96.5 cm³/mol. The molecule has 23 heavy (non-hydrogen) atoms. The van der Waals surface area contributed by atoms with E-state index in [9.17, 15) is 10.1 Å². The second kappa shape index (κ2) is 7.39. The molecule has 0 saturated heterocycles. The fourth-order valence-electron chi connectivity index (χ4n) is 2.59. The summed E-state index contributed by atoms with van der Waals surface area (Å²) in [4.78, 5) is 14.5. The van der Waals surface area contributed by atoms with Gasteiger partial charge in [-0.05, 0) is 49.1 Å². The molecular formula is C17H15ClN2OS2. The van der Waals surface area contributed by atoms with Gasteiger partial charge in [-0.15, -0.1) is 23.1 Å². The van der Waals surface area contributed by atoms with Crippen molar-refractivity contribution in [2.45, 2.75) is 30.6 Å². The minimum atomic E-state index is -0.0390. The van der Waals surface area contributed by atoms with Gasteiger partial charge in [0, 0.05) is 27.0 Å². The molecule has 0 radical (unpaired) electrons. The highest BCUT2D eigenvalue weighted by Gasteiger charge is 2.22. The fraction of sp³-hybridized carbons (Fsp3) is 0.294. The monoisotopic (exact) mass is 362 g/mol. The summed E-state index contributed by atoms with van der Waals surface area (Å²) in [6, 6.07) is 9.83. The zero-order valence-corrected chi connectivity index (χ0v) is 14.8. The van der Waals surface area contributed by atoms with Crippen molar-refractivity contribution in [2.24, 2.45) is 0 Å². The smallest absolute Gasteiger partial charge is 0.225 e. The van der Waals surface area contributed by atoms with Gasteiger partial charge in [0.2, 0.25) is 5.91 Å². The lowest BCUT2D eigenvalue weighted by Gasteiger charge is -2.04. The molecule has 0 atom stereocenters. The van der Waals surface area contributed by atoms with Crippen LogP contribution in [0, 0.1) is 11.3 Å². The number of fused-ring (bicyclic) bond motifs is 1. The van der Waals surface area contributed by atoms with E-state index in [2.05, 4.69) is 11.4 Å². The molecule has 1 aromatic carbocycles. The maximum absolute atomic E-state index is 12.1. The Morgan fingerprint density at radius 2 is 2.13 bits per heavy atom. The van der Waals surface area contributed by atoms with E-state index in [1.54, 1.807) is 23.1 Å². The molecule has 1 aliphatic carbocycles. The summed E-state index contributed by atoms with van der Waals surface area (Å²) in [5.41, 5.74) is 1.81. The van der Waals surface area contributed by atoms with Gasteiger partial charge >= 0.3 is 0 Å². The number of aryl methyl sites for hydroxylation is 1. The van der Waals surface area contributed by atoms with Gasteiger partial charge < -0.3 is 5.32 Å². The van der Waals surface area contributed by atoms with Crippen LogP contribution in [-0.4, -0.2) is 11.7 Å². The second-order valence-corrected chi connectivity index (χ2v) is 7.98. The van der Waals surface area contributed by atoms with Crippen LogP contribution in [0.25, 0.3) is 0 Å². The summed E-state index contributed by atoms with van der Waals surface area (Å²) < 4.78 is 0. The number of thioether (sulfide) groups is 1. The lowest BCUT2D eigenvalue weighted by molar-refractivity contribution is -0.115. The van der Waals surface area contributed by atoms with E-state index < -0.39 is 0 Å². The molecule has 1 aromatic heterocycles. The highest BCUT2D eigenvalue weighted by atomic mass is 35.5. The van der Waals surface area contributed by atoms with E-state index in [-0.39, 0.29) is 5.91 Å². The number of thiophene rings is 1. The third kappa shape index (κ3) is 3.89. The van der Waals surface area contributed by atoms with Crippen molar-refractivity contribution in [3.05, 3.63) is 45.3 Å². The van der Waals surface area contributed by atoms with Crippen molar-refractivity contribution in [3.8, 4) is 6.07 Å². The Morgan fingerprint density at radius 1 is 1.35 bits per heavy atom. The number of anilines is 1. The van der Waals surface area contributed by atoms with E-state index in [0.717, 1.165) is 34.7 Å². The van der Waals surface area contributed by atoms with E-state index >= 15 is 0 Å². The molecule has 1 heterocycles. The van der Waals surface area contributed by atoms with E-state index in [4.69, 9.17) is 11.6 Å². The number of carbonyl (C=O) groups excluding carboxylic acids is 1. The van der Waals surface area contributed by atoms with Gasteiger partial charge in [-0.3, -0.25) is 4.79 Å². The molecule has 0 saturated carbocycles. The Labute approximate surface area is 148 Å². The van der Waals surface area contributed by atoms with Crippen LogP contribution in [0.2, 0.25) is 5.02 Å². The third-order valence-corrected chi connectivity index (χ3v) is 6.17. The standard InChI is InChI=1S/C17H15ClN2OS2/c18-11-4-6-12(7-5-11)22-9-8-16(21)20-17-14(10-19)13-2-1-3-15(13)23-17/h4-7H,1-3,8-9H2,(H,20,21). The summed E-state index contributed by atoms with van der Waals surface area (Å²) in [7, 11) is 0. The van der Waals surface area contributed by atoms with Gasteiger partial charge in [0.1, 0.15) is 11.1 Å². The number of amides is 1. The number of hydrogen-bond donors (Lipinski definition) is 1. The number of nitrogens with zero attached hydrogens (tertiary/aromatic N) is 1. The average Bonchev–Trinajstić information content (AvgIpc) is 3.09. The molecule has 1 aliphatic rings. The highest BCUT2D eigenvalue weighted by Crippen LogP contribution is 2.38. The number of rotatable bonds is 5. The number of nitrogens with one attached hydrogen (secondary N) is 1. The predicted octanol–water partition coefficient (Wildman–Crippen LogP) is 4.88. The van der Waals surface area contributed by atoms with Crippen LogP contribution in [0.3, 0.4) is 0 Å².